The van der Waals surface area contributed by atoms with E-state index >= 15 is 0 Å². The predicted molar refractivity (Wildman–Crippen MR) is 153 cm³/mol. The molecule has 5 aliphatic carbocycles. The van der Waals surface area contributed by atoms with Gasteiger partial charge in [-0.3, -0.25) is 14.4 Å². The highest BCUT2D eigenvalue weighted by molar-refractivity contribution is 6.53. The van der Waals surface area contributed by atoms with Gasteiger partial charge in [0, 0.05) is 33.5 Å². The highest BCUT2D eigenvalue weighted by Gasteiger charge is 2.58. The van der Waals surface area contributed by atoms with Gasteiger partial charge in [0.05, 0.1) is 0 Å². The zero-order chi connectivity index (χ0) is 30.0. The van der Waals surface area contributed by atoms with Crippen molar-refractivity contribution in [3.63, 3.8) is 0 Å². The number of hydrogen-bond donors (Lipinski definition) is 4. The van der Waals surface area contributed by atoms with Crippen LogP contribution in [0.2, 0.25) is 0 Å². The molecule has 4 N–H and O–H groups in total. The van der Waals surface area contributed by atoms with E-state index in [1.807, 2.05) is 41.5 Å². The molecule has 2 saturated carbocycles. The summed E-state index contributed by atoms with van der Waals surface area (Å²) < 4.78 is 0. The first-order chi connectivity index (χ1) is 19.0. The van der Waals surface area contributed by atoms with Gasteiger partial charge in [-0.05, 0) is 77.0 Å². The number of Topliss-reactive ketones (excluding diaryl/α,β-unsaturated/α-hetero) is 2. The van der Waals surface area contributed by atoms with Gasteiger partial charge in [-0.15, -0.1) is 0 Å². The molecule has 7 heteroatoms. The first-order valence-electron chi connectivity index (χ1n) is 14.5. The van der Waals surface area contributed by atoms with E-state index in [1.54, 1.807) is 0 Å². The van der Waals surface area contributed by atoms with Crippen molar-refractivity contribution >= 4 is 22.9 Å². The van der Waals surface area contributed by atoms with Crippen LogP contribution in [-0.4, -0.2) is 37.8 Å². The van der Waals surface area contributed by atoms with Crippen LogP contribution in [0.1, 0.15) is 91.2 Å². The van der Waals surface area contributed by atoms with E-state index in [-0.39, 0.29) is 39.6 Å². The van der Waals surface area contributed by atoms with Crippen LogP contribution in [0.25, 0.3) is 5.57 Å². The van der Waals surface area contributed by atoms with E-state index < -0.39 is 50.7 Å². The van der Waals surface area contributed by atoms with Gasteiger partial charge in [-0.2, -0.15) is 0 Å². The Morgan fingerprint density at radius 2 is 1.37 bits per heavy atom. The summed E-state index contributed by atoms with van der Waals surface area (Å²) in [5.41, 5.74) is -0.826. The summed E-state index contributed by atoms with van der Waals surface area (Å²) in [5, 5.41) is 44.3. The lowest BCUT2D eigenvalue weighted by molar-refractivity contribution is -0.132. The van der Waals surface area contributed by atoms with E-state index in [9.17, 15) is 34.8 Å². The Hall–Kier alpha value is -3.61. The summed E-state index contributed by atoms with van der Waals surface area (Å²) >= 11 is 0. The Kier molecular flexibility index (Phi) is 5.54. The largest absolute Gasteiger partial charge is 0.504 e. The number of allylic oxidation sites excluding steroid dienone is 6. The van der Waals surface area contributed by atoms with Gasteiger partial charge >= 0.3 is 0 Å². The number of carbonyl (C=O) groups excluding carboxylic acids is 3. The van der Waals surface area contributed by atoms with Gasteiger partial charge in [0.1, 0.15) is 0 Å². The van der Waals surface area contributed by atoms with Crippen LogP contribution in [0, 0.1) is 22.2 Å². The van der Waals surface area contributed by atoms with Crippen molar-refractivity contribution in [1.29, 1.82) is 0 Å². The van der Waals surface area contributed by atoms with Crippen molar-refractivity contribution in [2.24, 2.45) is 22.2 Å². The Balaban J connectivity index is 1.77. The lowest BCUT2D eigenvalue weighted by Gasteiger charge is -2.54. The topological polar surface area (TPSA) is 132 Å². The number of rotatable bonds is 0. The highest BCUT2D eigenvalue weighted by Crippen LogP contribution is 2.63. The first kappa shape index (κ1) is 27.6. The fourth-order valence-corrected chi connectivity index (χ4v) is 9.32. The van der Waals surface area contributed by atoms with Crippen LogP contribution in [0.15, 0.2) is 52.0 Å². The van der Waals surface area contributed by atoms with Crippen LogP contribution in [-0.2, 0) is 19.8 Å². The number of aliphatic hydroxyl groups is 2. The number of aliphatic hydroxyl groups excluding tert-OH is 2. The van der Waals surface area contributed by atoms with Crippen molar-refractivity contribution in [3.05, 3.63) is 63.1 Å². The predicted octanol–water partition coefficient (Wildman–Crippen LogP) is 6.45. The number of phenols is 2. The fourth-order valence-electron chi connectivity index (χ4n) is 9.32. The van der Waals surface area contributed by atoms with Gasteiger partial charge in [0.15, 0.2) is 28.8 Å². The molecular weight excluding hydrogens is 520 g/mol. The van der Waals surface area contributed by atoms with Crippen molar-refractivity contribution in [2.75, 3.05) is 0 Å². The third-order valence-corrected chi connectivity index (χ3v) is 10.9. The molecule has 2 fully saturated rings. The summed E-state index contributed by atoms with van der Waals surface area (Å²) in [6.07, 6.45) is 5.74. The van der Waals surface area contributed by atoms with Crippen LogP contribution in [0.3, 0.4) is 0 Å². The molecule has 41 heavy (non-hydrogen) atoms. The van der Waals surface area contributed by atoms with E-state index in [0.717, 1.165) is 25.7 Å². The molecule has 0 aromatic heterocycles. The smallest absolute Gasteiger partial charge is 0.234 e. The molecule has 0 spiro atoms. The highest BCUT2D eigenvalue weighted by atomic mass is 16.3. The van der Waals surface area contributed by atoms with E-state index in [0.29, 0.717) is 29.6 Å². The second kappa shape index (κ2) is 8.24. The molecule has 1 aromatic rings. The zero-order valence-electron chi connectivity index (χ0n) is 24.6. The van der Waals surface area contributed by atoms with Gasteiger partial charge in [0.2, 0.25) is 11.6 Å². The average molecular weight is 559 g/mol. The second-order valence-electron chi connectivity index (χ2n) is 14.5. The lowest BCUT2D eigenvalue weighted by Crippen LogP contribution is -2.53. The molecule has 7 nitrogen and oxygen atoms in total. The van der Waals surface area contributed by atoms with Crippen molar-refractivity contribution < 1.29 is 34.8 Å². The van der Waals surface area contributed by atoms with Crippen LogP contribution in [0.5, 0.6) is 11.5 Å². The number of ketones is 3. The van der Waals surface area contributed by atoms with E-state index in [4.69, 9.17) is 0 Å². The van der Waals surface area contributed by atoms with Gasteiger partial charge in [-0.1, -0.05) is 54.4 Å². The monoisotopic (exact) mass is 558 g/mol. The lowest BCUT2D eigenvalue weighted by atomic mass is 9.48. The molecule has 0 amide bonds. The average Bonchev–Trinajstić information content (AvgIpc) is 2.85. The van der Waals surface area contributed by atoms with Crippen LogP contribution >= 0.6 is 0 Å². The molecule has 3 atom stereocenters. The number of aromatic hydroxyl groups is 2. The number of hydrogen-bond acceptors (Lipinski definition) is 7. The number of phenolic OH excluding ortho intramolecular Hbond substituents is 2. The summed E-state index contributed by atoms with van der Waals surface area (Å²) in [6.45, 7) is 11.9. The molecule has 0 bridgehead atoms. The third kappa shape index (κ3) is 3.41. The zero-order valence-corrected chi connectivity index (χ0v) is 24.6. The molecule has 5 aliphatic rings. The Morgan fingerprint density at radius 3 is 2.05 bits per heavy atom. The van der Waals surface area contributed by atoms with Crippen molar-refractivity contribution in [2.45, 2.75) is 85.5 Å². The number of carbonyl (C=O) groups is 3. The summed E-state index contributed by atoms with van der Waals surface area (Å²) in [7, 11) is 0. The fraction of sp³-hybridized carbons (Fsp3) is 0.500. The Morgan fingerprint density at radius 1 is 0.732 bits per heavy atom. The minimum absolute atomic E-state index is 0.00938. The quantitative estimate of drug-likeness (QED) is 0.163. The minimum atomic E-state index is -0.940. The van der Waals surface area contributed by atoms with Gasteiger partial charge in [-0.25, -0.2) is 0 Å². The molecule has 0 aliphatic heterocycles. The van der Waals surface area contributed by atoms with Gasteiger partial charge < -0.3 is 20.4 Å². The van der Waals surface area contributed by atoms with Crippen LogP contribution in [0.4, 0.5) is 0 Å². The minimum Gasteiger partial charge on any atom is -0.504 e. The normalized spacial score (nSPS) is 34.0. The standard InChI is InChI=1S/C34H38O7/c1-31(2)9-7-11-33(5)17-14-20(36)19(35)13-16(17)22(27(40)29(31)33)24-23-18(15-21(37)25(24)38)34(6)12-8-10-32(3,4)30(34)28(41)26(23)39/h13-15,29,35-36,39,41H,7-12H2,1-6H3/t29-,33+,34+/m0/s1. The molecule has 1 aromatic carbocycles. The maximum atomic E-state index is 14.8. The first-order valence-corrected chi connectivity index (χ1v) is 14.5. The molecule has 6 rings (SSSR count). The van der Waals surface area contributed by atoms with E-state index in [1.165, 1.54) is 18.2 Å². The molecule has 0 radical (unpaired) electrons. The second-order valence-corrected chi connectivity index (χ2v) is 14.5. The number of benzene rings is 1. The Labute approximate surface area is 240 Å². The molecule has 0 heterocycles. The van der Waals surface area contributed by atoms with Crippen molar-refractivity contribution in [3.8, 4) is 11.5 Å². The van der Waals surface area contributed by atoms with Crippen molar-refractivity contribution in [1.82, 2.24) is 0 Å². The van der Waals surface area contributed by atoms with Gasteiger partial charge in [0.25, 0.3) is 0 Å². The third-order valence-electron chi connectivity index (χ3n) is 10.9. The molecule has 0 saturated heterocycles. The number of fused-ring (bicyclic) bond motifs is 6. The SMILES string of the molecule is CC1(C)CCC[C@]2(C)C3=CC(=O)C(=O)C(=C4C(=O)[C@H]5C(C)(C)CCC[C@]5(C)c5cc(O)c(O)cc54)C3=C(O)C(O)=C12. The molecule has 0 unspecified atom stereocenters. The molecular formula is C34H38O7. The van der Waals surface area contributed by atoms with Crippen LogP contribution < -0.4 is 0 Å². The summed E-state index contributed by atoms with van der Waals surface area (Å²) in [4.78, 5) is 42.1. The maximum Gasteiger partial charge on any atom is 0.234 e. The summed E-state index contributed by atoms with van der Waals surface area (Å²) in [5.74, 6) is -4.28. The Bertz CT molecular complexity index is 1610. The van der Waals surface area contributed by atoms with E-state index in [2.05, 4.69) is 0 Å². The molecule has 216 valence electrons. The maximum absolute atomic E-state index is 14.8. The summed E-state index contributed by atoms with van der Waals surface area (Å²) in [6, 6.07) is 2.75.